The third-order valence-corrected chi connectivity index (χ3v) is 6.32. The number of fused-ring (bicyclic) bond motifs is 1. The van der Waals surface area contributed by atoms with E-state index in [1.165, 1.54) is 4.68 Å². The predicted octanol–water partition coefficient (Wildman–Crippen LogP) is 5.22. The van der Waals surface area contributed by atoms with E-state index in [1.54, 1.807) is 25.1 Å². The van der Waals surface area contributed by atoms with Crippen molar-refractivity contribution in [2.24, 2.45) is 0 Å². The van der Waals surface area contributed by atoms with Crippen molar-refractivity contribution < 1.29 is 14.4 Å². The lowest BCUT2D eigenvalue weighted by Crippen LogP contribution is -2.40. The van der Waals surface area contributed by atoms with Crippen molar-refractivity contribution in [2.75, 3.05) is 10.7 Å². The number of hydrogen-bond donors (Lipinski definition) is 3. The Labute approximate surface area is 211 Å². The van der Waals surface area contributed by atoms with Crippen LogP contribution in [0.3, 0.4) is 0 Å². The van der Waals surface area contributed by atoms with E-state index in [-0.39, 0.29) is 11.7 Å². The lowest BCUT2D eigenvalue weighted by molar-refractivity contribution is -0.137. The standard InChI is InChI=1S/C27H25BrN4O3/c1-16-9-11-22(13-17(16)2)30-25(33)24-15-20-14-21(28)10-12-23(20)32(24)31-27(35)26(34)29-18(3)19-7-5-4-6-8-19/h4-15,18H,1-3H3,(H,29,34)(H,30,33)(H,31,35)/t18-/m0/s1. The summed E-state index contributed by atoms with van der Waals surface area (Å²) in [5, 5.41) is 6.29. The van der Waals surface area contributed by atoms with Crippen molar-refractivity contribution in [1.29, 1.82) is 0 Å². The molecule has 0 aliphatic carbocycles. The Bertz CT molecular complexity index is 1430. The van der Waals surface area contributed by atoms with Gasteiger partial charge in [0.1, 0.15) is 5.69 Å². The van der Waals surface area contributed by atoms with Crippen molar-refractivity contribution in [2.45, 2.75) is 26.8 Å². The number of hydrogen-bond acceptors (Lipinski definition) is 3. The van der Waals surface area contributed by atoms with E-state index in [9.17, 15) is 14.4 Å². The zero-order valence-electron chi connectivity index (χ0n) is 19.6. The van der Waals surface area contributed by atoms with Gasteiger partial charge in [0, 0.05) is 15.5 Å². The van der Waals surface area contributed by atoms with Crippen molar-refractivity contribution >= 4 is 50.2 Å². The normalized spacial score (nSPS) is 11.7. The maximum atomic E-state index is 13.2. The van der Waals surface area contributed by atoms with E-state index in [0.29, 0.717) is 11.2 Å². The summed E-state index contributed by atoms with van der Waals surface area (Å²) in [6, 6.07) is 21.7. The zero-order chi connectivity index (χ0) is 25.1. The van der Waals surface area contributed by atoms with Crippen molar-refractivity contribution in [3.63, 3.8) is 0 Å². The molecular weight excluding hydrogens is 508 g/mol. The Hall–Kier alpha value is -3.91. The first-order valence-electron chi connectivity index (χ1n) is 11.1. The largest absolute Gasteiger partial charge is 0.341 e. The number of amides is 3. The van der Waals surface area contributed by atoms with Crippen LogP contribution in [0.5, 0.6) is 0 Å². The van der Waals surface area contributed by atoms with Gasteiger partial charge in [-0.25, -0.2) is 4.68 Å². The van der Waals surface area contributed by atoms with Gasteiger partial charge in [0.2, 0.25) is 0 Å². The summed E-state index contributed by atoms with van der Waals surface area (Å²) in [5.74, 6) is -2.10. The van der Waals surface area contributed by atoms with Crippen LogP contribution in [0.2, 0.25) is 0 Å². The summed E-state index contributed by atoms with van der Waals surface area (Å²) >= 11 is 3.43. The number of aryl methyl sites for hydroxylation is 2. The van der Waals surface area contributed by atoms with Gasteiger partial charge in [-0.1, -0.05) is 52.3 Å². The third kappa shape index (κ3) is 5.44. The van der Waals surface area contributed by atoms with Crippen LogP contribution in [-0.2, 0) is 9.59 Å². The highest BCUT2D eigenvalue weighted by atomic mass is 79.9. The number of carbonyl (C=O) groups is 3. The quantitative estimate of drug-likeness (QED) is 0.307. The molecule has 3 N–H and O–H groups in total. The Balaban J connectivity index is 1.60. The van der Waals surface area contributed by atoms with Crippen molar-refractivity contribution in [3.8, 4) is 0 Å². The summed E-state index contributed by atoms with van der Waals surface area (Å²) in [5.41, 5.74) is 7.03. The first kappa shape index (κ1) is 24.2. The molecule has 0 saturated heterocycles. The van der Waals surface area contributed by atoms with Gasteiger partial charge in [-0.2, -0.15) is 0 Å². The summed E-state index contributed by atoms with van der Waals surface area (Å²) in [4.78, 5) is 38.7. The molecule has 3 amide bonds. The van der Waals surface area contributed by atoms with Gasteiger partial charge in [0.05, 0.1) is 11.6 Å². The minimum atomic E-state index is -0.881. The van der Waals surface area contributed by atoms with Gasteiger partial charge in [-0.05, 0) is 73.9 Å². The lowest BCUT2D eigenvalue weighted by Gasteiger charge is -2.16. The molecule has 0 aliphatic rings. The molecule has 0 aliphatic heterocycles. The average Bonchev–Trinajstić information content (AvgIpc) is 3.19. The van der Waals surface area contributed by atoms with Crippen LogP contribution in [0.4, 0.5) is 5.69 Å². The molecule has 0 bridgehead atoms. The fraction of sp³-hybridized carbons (Fsp3) is 0.148. The number of halogens is 1. The maximum absolute atomic E-state index is 13.2. The second kappa shape index (κ2) is 10.1. The van der Waals surface area contributed by atoms with E-state index < -0.39 is 17.7 Å². The number of rotatable bonds is 5. The topological polar surface area (TPSA) is 92.2 Å². The van der Waals surface area contributed by atoms with Gasteiger partial charge >= 0.3 is 11.8 Å². The molecule has 7 nitrogen and oxygen atoms in total. The molecule has 0 saturated carbocycles. The highest BCUT2D eigenvalue weighted by molar-refractivity contribution is 9.10. The van der Waals surface area contributed by atoms with Crippen LogP contribution in [-0.4, -0.2) is 22.4 Å². The van der Waals surface area contributed by atoms with Gasteiger partial charge in [-0.15, -0.1) is 0 Å². The zero-order valence-corrected chi connectivity index (χ0v) is 21.1. The molecular formula is C27H25BrN4O3. The number of nitrogens with one attached hydrogen (secondary N) is 3. The molecule has 0 fully saturated rings. The monoisotopic (exact) mass is 532 g/mol. The fourth-order valence-corrected chi connectivity index (χ4v) is 4.11. The second-order valence-corrected chi connectivity index (χ2v) is 9.28. The fourth-order valence-electron chi connectivity index (χ4n) is 3.73. The number of anilines is 1. The minimum Gasteiger partial charge on any atom is -0.341 e. The van der Waals surface area contributed by atoms with Gasteiger partial charge in [-0.3, -0.25) is 19.8 Å². The Morgan fingerprint density at radius 2 is 1.60 bits per heavy atom. The predicted molar refractivity (Wildman–Crippen MR) is 141 cm³/mol. The lowest BCUT2D eigenvalue weighted by atomic mass is 10.1. The highest BCUT2D eigenvalue weighted by Crippen LogP contribution is 2.24. The minimum absolute atomic E-state index is 0.189. The molecule has 8 heteroatoms. The molecule has 1 heterocycles. The summed E-state index contributed by atoms with van der Waals surface area (Å²) in [6.45, 7) is 5.76. The Morgan fingerprint density at radius 1 is 0.857 bits per heavy atom. The third-order valence-electron chi connectivity index (χ3n) is 5.83. The molecule has 0 spiro atoms. The Morgan fingerprint density at radius 3 is 2.31 bits per heavy atom. The Kier molecular flexibility index (Phi) is 7.02. The molecule has 1 atom stereocenters. The molecule has 4 rings (SSSR count). The van der Waals surface area contributed by atoms with Gasteiger partial charge < -0.3 is 10.6 Å². The molecule has 178 valence electrons. The first-order valence-corrected chi connectivity index (χ1v) is 11.9. The van der Waals surface area contributed by atoms with Crippen LogP contribution in [0.25, 0.3) is 10.9 Å². The van der Waals surface area contributed by atoms with Crippen LogP contribution < -0.4 is 16.1 Å². The molecule has 35 heavy (non-hydrogen) atoms. The van der Waals surface area contributed by atoms with Crippen molar-refractivity contribution in [3.05, 3.63) is 99.7 Å². The number of aromatic nitrogens is 1. The van der Waals surface area contributed by atoms with Crippen LogP contribution in [0, 0.1) is 13.8 Å². The van der Waals surface area contributed by atoms with E-state index in [2.05, 4.69) is 32.0 Å². The molecule has 1 aromatic heterocycles. The number of carbonyl (C=O) groups excluding carboxylic acids is 3. The number of nitrogens with zero attached hydrogens (tertiary/aromatic N) is 1. The van der Waals surface area contributed by atoms with Crippen molar-refractivity contribution in [1.82, 2.24) is 9.99 Å². The molecule has 3 aromatic carbocycles. The SMILES string of the molecule is Cc1ccc(NC(=O)c2cc3cc(Br)ccc3n2NC(=O)C(=O)N[C@@H](C)c2ccccc2)cc1C. The smallest absolute Gasteiger partial charge is 0.328 e. The average molecular weight is 533 g/mol. The van der Waals surface area contributed by atoms with E-state index in [0.717, 1.165) is 26.5 Å². The van der Waals surface area contributed by atoms with E-state index >= 15 is 0 Å². The summed E-state index contributed by atoms with van der Waals surface area (Å²) in [6.07, 6.45) is 0. The molecule has 0 radical (unpaired) electrons. The van der Waals surface area contributed by atoms with Crippen LogP contribution >= 0.6 is 15.9 Å². The van der Waals surface area contributed by atoms with Crippen LogP contribution in [0.1, 0.15) is 40.1 Å². The maximum Gasteiger partial charge on any atom is 0.328 e. The van der Waals surface area contributed by atoms with E-state index in [1.807, 2.05) is 68.4 Å². The van der Waals surface area contributed by atoms with E-state index in [4.69, 9.17) is 0 Å². The molecule has 0 unspecified atom stereocenters. The first-order chi connectivity index (χ1) is 16.7. The van der Waals surface area contributed by atoms with Crippen LogP contribution in [0.15, 0.2) is 77.3 Å². The summed E-state index contributed by atoms with van der Waals surface area (Å²) < 4.78 is 2.16. The second-order valence-electron chi connectivity index (χ2n) is 8.37. The van der Waals surface area contributed by atoms with Gasteiger partial charge in [0.15, 0.2) is 0 Å². The molecule has 4 aromatic rings. The number of benzene rings is 3. The summed E-state index contributed by atoms with van der Waals surface area (Å²) in [7, 11) is 0. The van der Waals surface area contributed by atoms with Gasteiger partial charge in [0.25, 0.3) is 5.91 Å². The highest BCUT2D eigenvalue weighted by Gasteiger charge is 2.22.